The van der Waals surface area contributed by atoms with Crippen molar-refractivity contribution in [2.24, 2.45) is 7.05 Å². The second-order valence-electron chi connectivity index (χ2n) is 6.67. The highest BCUT2D eigenvalue weighted by Gasteiger charge is 2.19. The zero-order valence-electron chi connectivity index (χ0n) is 15.4. The number of aryl methyl sites for hydroxylation is 1. The fourth-order valence-electron chi connectivity index (χ4n) is 2.86. The summed E-state index contributed by atoms with van der Waals surface area (Å²) in [6.45, 7) is 6.35. The molecule has 2 amide bonds. The molecule has 0 saturated carbocycles. The standard InChI is InChI=1S/C19H24N4O3/c1-13(2)16-12-17(22(3)21-16)18(24)20-15-6-4-5-14(11-15)19(25)23-7-9-26-10-8-23/h4-6,11-13H,7-10H2,1-3H3,(H,20,24). The summed E-state index contributed by atoms with van der Waals surface area (Å²) >= 11 is 0. The normalized spacial score (nSPS) is 14.5. The topological polar surface area (TPSA) is 76.5 Å². The van der Waals surface area contributed by atoms with E-state index in [1.807, 2.05) is 13.8 Å². The van der Waals surface area contributed by atoms with Gasteiger partial charge >= 0.3 is 0 Å². The third kappa shape index (κ3) is 3.94. The van der Waals surface area contributed by atoms with Gasteiger partial charge in [0, 0.05) is 31.4 Å². The van der Waals surface area contributed by atoms with Crippen LogP contribution in [0.5, 0.6) is 0 Å². The first-order valence-corrected chi connectivity index (χ1v) is 8.78. The molecule has 1 aliphatic rings. The van der Waals surface area contributed by atoms with E-state index < -0.39 is 0 Å². The van der Waals surface area contributed by atoms with Crippen LogP contribution in [0.1, 0.15) is 46.3 Å². The Hall–Kier alpha value is -2.67. The molecule has 2 heterocycles. The highest BCUT2D eigenvalue weighted by atomic mass is 16.5. The molecular formula is C19H24N4O3. The molecule has 0 aliphatic carbocycles. The summed E-state index contributed by atoms with van der Waals surface area (Å²) in [5.74, 6) is -0.0490. The minimum absolute atomic E-state index is 0.0490. The maximum atomic E-state index is 12.6. The Morgan fingerprint density at radius 1 is 1.19 bits per heavy atom. The van der Waals surface area contributed by atoms with Crippen LogP contribution in [-0.4, -0.2) is 52.8 Å². The Morgan fingerprint density at radius 3 is 2.58 bits per heavy atom. The number of nitrogens with zero attached hydrogens (tertiary/aromatic N) is 3. The number of anilines is 1. The summed E-state index contributed by atoms with van der Waals surface area (Å²) in [4.78, 5) is 26.9. The molecule has 3 rings (SSSR count). The zero-order chi connectivity index (χ0) is 18.7. The molecule has 0 radical (unpaired) electrons. The largest absolute Gasteiger partial charge is 0.378 e. The van der Waals surface area contributed by atoms with E-state index >= 15 is 0 Å². The van der Waals surface area contributed by atoms with Crippen LogP contribution in [-0.2, 0) is 11.8 Å². The lowest BCUT2D eigenvalue weighted by molar-refractivity contribution is 0.0303. The average Bonchev–Trinajstić information content (AvgIpc) is 3.04. The highest BCUT2D eigenvalue weighted by molar-refractivity contribution is 6.04. The lowest BCUT2D eigenvalue weighted by Gasteiger charge is -2.27. The van der Waals surface area contributed by atoms with E-state index in [4.69, 9.17) is 4.74 Å². The Kier molecular flexibility index (Phi) is 5.37. The number of hydrogen-bond donors (Lipinski definition) is 1. The predicted octanol–water partition coefficient (Wildman–Crippen LogP) is 2.27. The third-order valence-corrected chi connectivity index (χ3v) is 4.39. The lowest BCUT2D eigenvalue weighted by Crippen LogP contribution is -2.40. The van der Waals surface area contributed by atoms with Gasteiger partial charge < -0.3 is 15.0 Å². The van der Waals surface area contributed by atoms with E-state index in [2.05, 4.69) is 10.4 Å². The van der Waals surface area contributed by atoms with E-state index in [0.717, 1.165) is 5.69 Å². The molecule has 2 aromatic rings. The number of benzene rings is 1. The number of carbonyl (C=O) groups is 2. The molecule has 7 heteroatoms. The maximum Gasteiger partial charge on any atom is 0.273 e. The number of carbonyl (C=O) groups excluding carboxylic acids is 2. The molecule has 1 aromatic heterocycles. The molecule has 7 nitrogen and oxygen atoms in total. The van der Waals surface area contributed by atoms with Gasteiger partial charge in [-0.25, -0.2) is 0 Å². The summed E-state index contributed by atoms with van der Waals surface area (Å²) in [6, 6.07) is 8.80. The van der Waals surface area contributed by atoms with Crippen LogP contribution in [0, 0.1) is 0 Å². The van der Waals surface area contributed by atoms with Crippen molar-refractivity contribution < 1.29 is 14.3 Å². The SMILES string of the molecule is CC(C)c1cc(C(=O)Nc2cccc(C(=O)N3CCOCC3)c2)n(C)n1. The van der Waals surface area contributed by atoms with E-state index in [-0.39, 0.29) is 17.7 Å². The average molecular weight is 356 g/mol. The predicted molar refractivity (Wildman–Crippen MR) is 98.4 cm³/mol. The summed E-state index contributed by atoms with van der Waals surface area (Å²) in [6.07, 6.45) is 0. The number of amides is 2. The minimum Gasteiger partial charge on any atom is -0.378 e. The second-order valence-corrected chi connectivity index (χ2v) is 6.67. The molecule has 1 saturated heterocycles. The van der Waals surface area contributed by atoms with Crippen molar-refractivity contribution in [1.29, 1.82) is 0 Å². The molecular weight excluding hydrogens is 332 g/mol. The number of rotatable bonds is 4. The number of aromatic nitrogens is 2. The first-order valence-electron chi connectivity index (χ1n) is 8.78. The van der Waals surface area contributed by atoms with E-state index in [1.165, 1.54) is 0 Å². The van der Waals surface area contributed by atoms with Crippen LogP contribution < -0.4 is 5.32 Å². The van der Waals surface area contributed by atoms with Crippen molar-refractivity contribution >= 4 is 17.5 Å². The van der Waals surface area contributed by atoms with Gasteiger partial charge in [0.05, 0.1) is 18.9 Å². The Labute approximate surface area is 152 Å². The first-order chi connectivity index (χ1) is 12.5. The summed E-state index contributed by atoms with van der Waals surface area (Å²) in [5.41, 5.74) is 2.49. The van der Waals surface area contributed by atoms with E-state index in [9.17, 15) is 9.59 Å². The van der Waals surface area contributed by atoms with Gasteiger partial charge in [-0.2, -0.15) is 5.10 Å². The fraction of sp³-hybridized carbons (Fsp3) is 0.421. The van der Waals surface area contributed by atoms with Crippen LogP contribution >= 0.6 is 0 Å². The second kappa shape index (κ2) is 7.70. The molecule has 26 heavy (non-hydrogen) atoms. The Balaban J connectivity index is 1.74. The molecule has 1 aliphatic heterocycles. The monoisotopic (exact) mass is 356 g/mol. The van der Waals surface area contributed by atoms with Gasteiger partial charge in [-0.05, 0) is 30.2 Å². The summed E-state index contributed by atoms with van der Waals surface area (Å²) in [5, 5.41) is 7.22. The van der Waals surface area contributed by atoms with Crippen LogP contribution in [0.2, 0.25) is 0 Å². The van der Waals surface area contributed by atoms with Gasteiger partial charge in [0.25, 0.3) is 11.8 Å². The van der Waals surface area contributed by atoms with Crippen molar-refractivity contribution in [3.05, 3.63) is 47.3 Å². The highest BCUT2D eigenvalue weighted by Crippen LogP contribution is 2.17. The molecule has 0 bridgehead atoms. The third-order valence-electron chi connectivity index (χ3n) is 4.39. The lowest BCUT2D eigenvalue weighted by atomic mass is 10.1. The molecule has 138 valence electrons. The van der Waals surface area contributed by atoms with Crippen molar-refractivity contribution in [2.45, 2.75) is 19.8 Å². The van der Waals surface area contributed by atoms with Crippen LogP contribution in [0.15, 0.2) is 30.3 Å². The molecule has 0 atom stereocenters. The quantitative estimate of drug-likeness (QED) is 0.912. The van der Waals surface area contributed by atoms with Gasteiger partial charge in [-0.3, -0.25) is 14.3 Å². The maximum absolute atomic E-state index is 12.6. The number of morpholine rings is 1. The molecule has 1 fully saturated rings. The van der Waals surface area contributed by atoms with Gasteiger partial charge in [-0.1, -0.05) is 19.9 Å². The van der Waals surface area contributed by atoms with Crippen molar-refractivity contribution in [1.82, 2.24) is 14.7 Å². The van der Waals surface area contributed by atoms with Crippen LogP contribution in [0.4, 0.5) is 5.69 Å². The van der Waals surface area contributed by atoms with Gasteiger partial charge in [-0.15, -0.1) is 0 Å². The van der Waals surface area contributed by atoms with Crippen molar-refractivity contribution in [2.75, 3.05) is 31.6 Å². The van der Waals surface area contributed by atoms with Crippen molar-refractivity contribution in [3.8, 4) is 0 Å². The van der Waals surface area contributed by atoms with Gasteiger partial charge in [0.15, 0.2) is 0 Å². The van der Waals surface area contributed by atoms with Crippen molar-refractivity contribution in [3.63, 3.8) is 0 Å². The zero-order valence-corrected chi connectivity index (χ0v) is 15.4. The van der Waals surface area contributed by atoms with Crippen LogP contribution in [0.3, 0.4) is 0 Å². The molecule has 0 spiro atoms. The Bertz CT molecular complexity index is 807. The van der Waals surface area contributed by atoms with Crippen LogP contribution in [0.25, 0.3) is 0 Å². The number of ether oxygens (including phenoxy) is 1. The first kappa shape index (κ1) is 18.1. The fourth-order valence-corrected chi connectivity index (χ4v) is 2.86. The van der Waals surface area contributed by atoms with Gasteiger partial charge in [0.1, 0.15) is 5.69 Å². The smallest absolute Gasteiger partial charge is 0.273 e. The summed E-state index contributed by atoms with van der Waals surface area (Å²) < 4.78 is 6.86. The number of nitrogens with one attached hydrogen (secondary N) is 1. The number of hydrogen-bond acceptors (Lipinski definition) is 4. The van der Waals surface area contributed by atoms with Gasteiger partial charge in [0.2, 0.25) is 0 Å². The molecule has 0 unspecified atom stereocenters. The molecule has 1 N–H and O–H groups in total. The Morgan fingerprint density at radius 2 is 1.92 bits per heavy atom. The van der Waals surface area contributed by atoms with E-state index in [0.29, 0.717) is 43.2 Å². The minimum atomic E-state index is -0.247. The molecule has 1 aromatic carbocycles. The summed E-state index contributed by atoms with van der Waals surface area (Å²) in [7, 11) is 1.75. The van der Waals surface area contributed by atoms with E-state index in [1.54, 1.807) is 47.0 Å².